The predicted molar refractivity (Wildman–Crippen MR) is 95.5 cm³/mol. The first kappa shape index (κ1) is 16.6. The number of aryl methyl sites for hydroxylation is 1. The fraction of sp³-hybridized carbons (Fsp3) is 0.333. The minimum atomic E-state index is -0.574. The summed E-state index contributed by atoms with van der Waals surface area (Å²) in [5.41, 5.74) is 2.14. The number of esters is 1. The van der Waals surface area contributed by atoms with Crippen molar-refractivity contribution in [2.24, 2.45) is 0 Å². The van der Waals surface area contributed by atoms with E-state index in [0.29, 0.717) is 22.6 Å². The molecule has 1 aromatic heterocycles. The van der Waals surface area contributed by atoms with Crippen LogP contribution in [0.1, 0.15) is 29.4 Å². The summed E-state index contributed by atoms with van der Waals surface area (Å²) in [6.45, 7) is 2.65. The second-order valence-corrected chi connectivity index (χ2v) is 6.39. The number of nitrogens with zero attached hydrogens (tertiary/aromatic N) is 2. The maximum Gasteiger partial charge on any atom is 0.344 e. The number of halogens is 1. The summed E-state index contributed by atoms with van der Waals surface area (Å²) in [7, 11) is 3.82. The van der Waals surface area contributed by atoms with Gasteiger partial charge in [-0.1, -0.05) is 11.6 Å². The zero-order valence-electron chi connectivity index (χ0n) is 13.9. The van der Waals surface area contributed by atoms with E-state index in [1.165, 1.54) is 0 Å². The fourth-order valence-corrected chi connectivity index (χ4v) is 3.33. The molecule has 0 saturated carbocycles. The smallest absolute Gasteiger partial charge is 0.344 e. The van der Waals surface area contributed by atoms with Gasteiger partial charge in [-0.2, -0.15) is 0 Å². The average Bonchev–Trinajstić information content (AvgIpc) is 2.90. The molecule has 0 spiro atoms. The van der Waals surface area contributed by atoms with Crippen molar-refractivity contribution in [3.63, 3.8) is 0 Å². The van der Waals surface area contributed by atoms with Crippen LogP contribution in [0.15, 0.2) is 29.2 Å². The number of ether oxygens (including phenoxy) is 1. The van der Waals surface area contributed by atoms with Gasteiger partial charge in [-0.05, 0) is 37.1 Å². The highest BCUT2D eigenvalue weighted by molar-refractivity contribution is 6.31. The maximum absolute atomic E-state index is 12.9. The molecule has 1 aliphatic rings. The molecule has 3 rings (SSSR count). The maximum atomic E-state index is 12.9. The molecule has 0 fully saturated rings. The highest BCUT2D eigenvalue weighted by atomic mass is 35.5. The molecule has 0 N–H and O–H groups in total. The van der Waals surface area contributed by atoms with Crippen LogP contribution in [0, 0.1) is 0 Å². The van der Waals surface area contributed by atoms with Gasteiger partial charge in [0.2, 0.25) is 5.43 Å². The highest BCUT2D eigenvalue weighted by Gasteiger charge is 2.29. The third-order valence-corrected chi connectivity index (χ3v) is 4.27. The van der Waals surface area contributed by atoms with Crippen LogP contribution in [0.25, 0.3) is 16.5 Å². The molecule has 2 aromatic rings. The van der Waals surface area contributed by atoms with Crippen molar-refractivity contribution in [3.05, 3.63) is 50.9 Å². The van der Waals surface area contributed by atoms with Crippen molar-refractivity contribution in [1.82, 2.24) is 9.47 Å². The van der Waals surface area contributed by atoms with Crippen molar-refractivity contribution < 1.29 is 9.53 Å². The number of aromatic nitrogens is 1. The number of carbonyl (C=O) groups excluding carboxylic acids is 1. The molecule has 0 amide bonds. The van der Waals surface area contributed by atoms with Gasteiger partial charge in [0.25, 0.3) is 0 Å². The lowest BCUT2D eigenvalue weighted by Gasteiger charge is -2.15. The van der Waals surface area contributed by atoms with Crippen molar-refractivity contribution >= 4 is 34.0 Å². The van der Waals surface area contributed by atoms with Crippen molar-refractivity contribution in [2.75, 3.05) is 20.7 Å². The summed E-state index contributed by atoms with van der Waals surface area (Å²) in [5, 5.41) is 1.04. The van der Waals surface area contributed by atoms with E-state index in [2.05, 4.69) is 0 Å². The van der Waals surface area contributed by atoms with Crippen LogP contribution < -0.4 is 5.43 Å². The van der Waals surface area contributed by atoms with Crippen LogP contribution in [0.3, 0.4) is 0 Å². The molecule has 126 valence electrons. The topological polar surface area (TPSA) is 51.5 Å². The van der Waals surface area contributed by atoms with Crippen molar-refractivity contribution in [1.29, 1.82) is 0 Å². The summed E-state index contributed by atoms with van der Waals surface area (Å²) in [4.78, 5) is 27.3. The van der Waals surface area contributed by atoms with Gasteiger partial charge in [0.15, 0.2) is 0 Å². The van der Waals surface area contributed by atoms with Gasteiger partial charge < -0.3 is 14.2 Å². The number of carbonyl (C=O) groups is 1. The largest absolute Gasteiger partial charge is 0.462 e. The Labute approximate surface area is 145 Å². The molecule has 0 aliphatic carbocycles. The fourth-order valence-electron chi connectivity index (χ4n) is 3.16. The lowest BCUT2D eigenvalue weighted by molar-refractivity contribution is 0.0524. The monoisotopic (exact) mass is 346 g/mol. The van der Waals surface area contributed by atoms with E-state index in [-0.39, 0.29) is 17.6 Å². The Bertz CT molecular complexity index is 913. The standard InChI is InChI=1S/C18H19ClN2O3/c1-4-24-18(23)15-16-11(10-20(2)3)7-8-21(16)14-9-12(19)5-6-13(14)17(15)22/h5-6,9-10H,4,7-8H2,1-3H3. The van der Waals surface area contributed by atoms with Gasteiger partial charge >= 0.3 is 5.97 Å². The SMILES string of the molecule is CCOC(=O)c1c2n(c3cc(Cl)ccc3c1=O)CCC2=CN(C)C. The summed E-state index contributed by atoms with van der Waals surface area (Å²) >= 11 is 6.12. The van der Waals surface area contributed by atoms with Gasteiger partial charge in [0, 0.05) is 37.2 Å². The van der Waals surface area contributed by atoms with Gasteiger partial charge in [0.1, 0.15) is 5.56 Å². The molecule has 0 unspecified atom stereocenters. The summed E-state index contributed by atoms with van der Waals surface area (Å²) in [5.74, 6) is -0.574. The average molecular weight is 347 g/mol. The minimum Gasteiger partial charge on any atom is -0.462 e. The Hall–Kier alpha value is -2.27. The second kappa shape index (κ2) is 6.32. The third kappa shape index (κ3) is 2.69. The van der Waals surface area contributed by atoms with E-state index in [1.54, 1.807) is 25.1 Å². The number of fused-ring (bicyclic) bond motifs is 3. The lowest BCUT2D eigenvalue weighted by Crippen LogP contribution is -2.23. The molecule has 24 heavy (non-hydrogen) atoms. The molecule has 6 heteroatoms. The molecule has 0 radical (unpaired) electrons. The molecule has 1 aliphatic heterocycles. The zero-order valence-corrected chi connectivity index (χ0v) is 14.7. The molecular formula is C18H19ClN2O3. The van der Waals surface area contributed by atoms with Crippen LogP contribution in [-0.2, 0) is 11.3 Å². The van der Waals surface area contributed by atoms with Gasteiger partial charge in [0.05, 0.1) is 17.8 Å². The zero-order chi connectivity index (χ0) is 17.4. The van der Waals surface area contributed by atoms with Crippen LogP contribution in [0.2, 0.25) is 5.02 Å². The first-order chi connectivity index (χ1) is 11.4. The van der Waals surface area contributed by atoms with Crippen molar-refractivity contribution in [3.8, 4) is 0 Å². The van der Waals surface area contributed by atoms with Crippen LogP contribution in [0.5, 0.6) is 0 Å². The van der Waals surface area contributed by atoms with Gasteiger partial charge in [-0.15, -0.1) is 0 Å². The molecule has 0 bridgehead atoms. The Morgan fingerprint density at radius 3 is 2.83 bits per heavy atom. The Morgan fingerprint density at radius 1 is 1.42 bits per heavy atom. The van der Waals surface area contributed by atoms with Gasteiger partial charge in [-0.3, -0.25) is 4.79 Å². The minimum absolute atomic E-state index is 0.109. The molecule has 0 saturated heterocycles. The van der Waals surface area contributed by atoms with E-state index in [0.717, 1.165) is 17.5 Å². The number of hydrogen-bond donors (Lipinski definition) is 0. The highest BCUT2D eigenvalue weighted by Crippen LogP contribution is 2.33. The lowest BCUT2D eigenvalue weighted by atomic mass is 10.0. The number of pyridine rings is 1. The summed E-state index contributed by atoms with van der Waals surface area (Å²) in [6, 6.07) is 5.11. The van der Waals surface area contributed by atoms with E-state index >= 15 is 0 Å². The van der Waals surface area contributed by atoms with Crippen LogP contribution in [-0.4, -0.2) is 36.1 Å². The third-order valence-electron chi connectivity index (χ3n) is 4.03. The van der Waals surface area contributed by atoms with E-state index < -0.39 is 5.97 Å². The molecular weight excluding hydrogens is 328 g/mol. The first-order valence-corrected chi connectivity index (χ1v) is 8.22. The molecule has 5 nitrogen and oxygen atoms in total. The van der Waals surface area contributed by atoms with Gasteiger partial charge in [-0.25, -0.2) is 4.79 Å². The Balaban J connectivity index is 2.41. The number of benzene rings is 1. The normalized spacial score (nSPS) is 14.9. The van der Waals surface area contributed by atoms with Crippen molar-refractivity contribution in [2.45, 2.75) is 19.9 Å². The summed E-state index contributed by atoms with van der Waals surface area (Å²) in [6.07, 6.45) is 2.69. The second-order valence-electron chi connectivity index (χ2n) is 5.95. The molecule has 2 heterocycles. The van der Waals surface area contributed by atoms with E-state index in [9.17, 15) is 9.59 Å². The molecule has 0 atom stereocenters. The van der Waals surface area contributed by atoms with E-state index in [1.807, 2.05) is 29.8 Å². The van der Waals surface area contributed by atoms with E-state index in [4.69, 9.17) is 16.3 Å². The number of allylic oxidation sites excluding steroid dienone is 1. The number of hydrogen-bond acceptors (Lipinski definition) is 4. The Kier molecular flexibility index (Phi) is 4.37. The van der Waals surface area contributed by atoms with Crippen LogP contribution >= 0.6 is 11.6 Å². The number of rotatable bonds is 3. The predicted octanol–water partition coefficient (Wildman–Crippen LogP) is 3.14. The molecule has 1 aromatic carbocycles. The van der Waals surface area contributed by atoms with Crippen LogP contribution in [0.4, 0.5) is 0 Å². The summed E-state index contributed by atoms with van der Waals surface area (Å²) < 4.78 is 7.13. The first-order valence-electron chi connectivity index (χ1n) is 7.84. The quantitative estimate of drug-likeness (QED) is 0.801. The Morgan fingerprint density at radius 2 is 2.17 bits per heavy atom.